The van der Waals surface area contributed by atoms with Gasteiger partial charge in [0.25, 0.3) is 5.79 Å². The molecule has 0 radical (unpaired) electrons. The fourth-order valence-corrected chi connectivity index (χ4v) is 10.5. The van der Waals surface area contributed by atoms with E-state index in [4.69, 9.17) is 47.4 Å². The normalized spacial score (nSPS) is 45.5. The number of phenols is 1. The Kier molecular flexibility index (Phi) is 9.04. The summed E-state index contributed by atoms with van der Waals surface area (Å²) in [4.78, 5) is 26.5. The Balaban J connectivity index is 1.21. The van der Waals surface area contributed by atoms with E-state index in [2.05, 4.69) is 0 Å². The molecule has 0 amide bonds. The SMILES string of the molecule is COc1c2c(c(O)c3c4c(c(C)cc13)C1OC3([C@H](C)OC)OC1[C@@](OC1CC(O)C(O)(C(C)=O)C(C)O1)(O4)[C@@]31CO1)C(=O)[C@@H](O)C[C@@H]2OC1CC(C)(O)C(C)C(C)O1. The Morgan fingerprint density at radius 1 is 1.03 bits per heavy atom. The zero-order valence-corrected chi connectivity index (χ0v) is 33.9. The van der Waals surface area contributed by atoms with Crippen LogP contribution in [0.25, 0.3) is 10.8 Å². The van der Waals surface area contributed by atoms with Gasteiger partial charge in [0.1, 0.15) is 35.6 Å². The molecular formula is C41H52O17. The lowest BCUT2D eigenvalue weighted by Crippen LogP contribution is -2.71. The number of aryl methyl sites for hydroxylation is 1. The number of aromatic hydroxyl groups is 1. The van der Waals surface area contributed by atoms with Gasteiger partial charge < -0.3 is 72.9 Å². The lowest BCUT2D eigenvalue weighted by atomic mass is 9.76. The molecule has 0 saturated carbocycles. The molecule has 2 bridgehead atoms. The fourth-order valence-electron chi connectivity index (χ4n) is 10.5. The first-order chi connectivity index (χ1) is 27.2. The molecular weight excluding hydrogens is 764 g/mol. The van der Waals surface area contributed by atoms with Crippen LogP contribution in [-0.2, 0) is 42.7 Å². The van der Waals surface area contributed by atoms with Gasteiger partial charge in [-0.3, -0.25) is 9.59 Å². The highest BCUT2D eigenvalue weighted by atomic mass is 16.9. The number of hydrogen-bond acceptors (Lipinski definition) is 17. The predicted molar refractivity (Wildman–Crippen MR) is 196 cm³/mol. The Morgan fingerprint density at radius 2 is 1.74 bits per heavy atom. The molecule has 2 aromatic rings. The maximum Gasteiger partial charge on any atom is 0.279 e. The van der Waals surface area contributed by atoms with Crippen LogP contribution in [-0.4, -0.2) is 136 Å². The molecule has 7 aliphatic rings. The molecule has 1 aliphatic carbocycles. The van der Waals surface area contributed by atoms with Gasteiger partial charge in [0.15, 0.2) is 35.9 Å². The molecule has 0 aromatic heterocycles. The van der Waals surface area contributed by atoms with Crippen LogP contribution in [0.5, 0.6) is 17.2 Å². The largest absolute Gasteiger partial charge is 0.506 e. The molecule has 5 N–H and O–H groups in total. The van der Waals surface area contributed by atoms with Gasteiger partial charge in [-0.2, -0.15) is 0 Å². The molecule has 6 heterocycles. The number of methoxy groups -OCH3 is 2. The Hall–Kier alpha value is -3.04. The van der Waals surface area contributed by atoms with Gasteiger partial charge in [-0.1, -0.05) is 6.92 Å². The summed E-state index contributed by atoms with van der Waals surface area (Å²) in [6.07, 6.45) is -11.0. The number of aliphatic hydroxyl groups is 4. The molecule has 5 saturated heterocycles. The standard InChI is InChI=1S/C41H52O17/c1-15-10-21-28(32(46)30-29(33(21)50-9)23(11-22(43)31(30)45)54-26-13-37(7,47)16(2)17(3)52-26)34-27(15)35-36-41(56-34,38(14-51-38)40(57-35,58-36)20(6)49-8)55-25-12-24(44)39(48,18(4)42)19(5)53-25/h10,16-17,19-20,22-26,35-36,43-44,46-48H,11-14H2,1-9H3/t16?,17?,19?,20-,22-,23-,24?,25?,26?,35?,36?,37?,38+,39?,40?,41+/m0/s1. The van der Waals surface area contributed by atoms with E-state index in [-0.39, 0.29) is 65.9 Å². The van der Waals surface area contributed by atoms with Crippen LogP contribution in [0.4, 0.5) is 0 Å². The van der Waals surface area contributed by atoms with Gasteiger partial charge in [0.2, 0.25) is 11.4 Å². The van der Waals surface area contributed by atoms with Crippen molar-refractivity contribution in [3.8, 4) is 17.2 Å². The maximum absolute atomic E-state index is 14.0. The molecule has 58 heavy (non-hydrogen) atoms. The van der Waals surface area contributed by atoms with Crippen molar-refractivity contribution in [1.29, 1.82) is 0 Å². The van der Waals surface area contributed by atoms with Crippen LogP contribution < -0.4 is 9.47 Å². The number of phenolic OH excluding ortho intramolecular Hbond substituents is 1. The highest BCUT2D eigenvalue weighted by Gasteiger charge is 2.93. The Bertz CT molecular complexity index is 2070. The third-order valence-electron chi connectivity index (χ3n) is 14.2. The van der Waals surface area contributed by atoms with Crippen LogP contribution in [0.1, 0.15) is 100 Å². The van der Waals surface area contributed by atoms with Crippen LogP contribution in [0.15, 0.2) is 6.07 Å². The molecule has 1 spiro atoms. The lowest BCUT2D eigenvalue weighted by molar-refractivity contribution is -0.374. The number of ether oxygens (including phenoxy) is 10. The molecule has 17 nitrogen and oxygen atoms in total. The van der Waals surface area contributed by atoms with Crippen molar-refractivity contribution in [1.82, 2.24) is 0 Å². The molecule has 6 aliphatic heterocycles. The number of Topliss-reactive ketones (excluding diaryl/α,β-unsaturated/α-hetero) is 2. The van der Waals surface area contributed by atoms with Crippen LogP contribution in [0.2, 0.25) is 0 Å². The summed E-state index contributed by atoms with van der Waals surface area (Å²) in [5.74, 6) is -5.42. The minimum absolute atomic E-state index is 0.00707. The summed E-state index contributed by atoms with van der Waals surface area (Å²) in [6, 6.07) is 1.78. The molecule has 11 unspecified atom stereocenters. The molecule has 318 valence electrons. The van der Waals surface area contributed by atoms with Crippen LogP contribution in [0.3, 0.4) is 0 Å². The smallest absolute Gasteiger partial charge is 0.279 e. The average Bonchev–Trinajstić information content (AvgIpc) is 3.82. The number of hydrogen-bond donors (Lipinski definition) is 5. The van der Waals surface area contributed by atoms with Gasteiger partial charge in [0, 0.05) is 48.8 Å². The van der Waals surface area contributed by atoms with Crippen molar-refractivity contribution in [2.75, 3.05) is 20.8 Å². The van der Waals surface area contributed by atoms with Gasteiger partial charge >= 0.3 is 0 Å². The zero-order chi connectivity index (χ0) is 41.8. The molecule has 16 atom stereocenters. The van der Waals surface area contributed by atoms with E-state index in [1.807, 2.05) is 20.8 Å². The lowest BCUT2D eigenvalue weighted by Gasteiger charge is -2.52. The molecule has 9 rings (SSSR count). The Labute approximate surface area is 334 Å². The topological polar surface area (TPSA) is 231 Å². The minimum Gasteiger partial charge on any atom is -0.506 e. The van der Waals surface area contributed by atoms with Crippen molar-refractivity contribution in [3.05, 3.63) is 28.3 Å². The first-order valence-corrected chi connectivity index (χ1v) is 19.8. The van der Waals surface area contributed by atoms with Gasteiger partial charge in [0.05, 0.1) is 54.7 Å². The average molecular weight is 817 g/mol. The van der Waals surface area contributed by atoms with Gasteiger partial charge in [-0.05, 0) is 53.2 Å². The second kappa shape index (κ2) is 13.0. The van der Waals surface area contributed by atoms with Crippen molar-refractivity contribution in [3.63, 3.8) is 0 Å². The van der Waals surface area contributed by atoms with E-state index in [1.165, 1.54) is 28.1 Å². The van der Waals surface area contributed by atoms with E-state index in [0.717, 1.165) is 0 Å². The first-order valence-electron chi connectivity index (χ1n) is 19.8. The monoisotopic (exact) mass is 816 g/mol. The van der Waals surface area contributed by atoms with Crippen molar-refractivity contribution >= 4 is 22.3 Å². The summed E-state index contributed by atoms with van der Waals surface area (Å²) < 4.78 is 64.2. The quantitative estimate of drug-likeness (QED) is 0.241. The number of rotatable bonds is 8. The summed E-state index contributed by atoms with van der Waals surface area (Å²) in [5, 5.41) is 57.5. The van der Waals surface area contributed by atoms with E-state index in [1.54, 1.807) is 19.9 Å². The summed E-state index contributed by atoms with van der Waals surface area (Å²) in [5.41, 5.74) is -3.75. The van der Waals surface area contributed by atoms with E-state index in [0.29, 0.717) is 16.5 Å². The van der Waals surface area contributed by atoms with Crippen LogP contribution in [0, 0.1) is 12.8 Å². The fraction of sp³-hybridized carbons (Fsp3) is 0.707. The minimum atomic E-state index is -2.20. The van der Waals surface area contributed by atoms with Gasteiger partial charge in [-0.15, -0.1) is 0 Å². The second-order valence-electron chi connectivity index (χ2n) is 17.4. The predicted octanol–water partition coefficient (Wildman–Crippen LogP) is 2.28. The first kappa shape index (κ1) is 40.4. The number of fused-ring (bicyclic) bond motifs is 8. The van der Waals surface area contributed by atoms with E-state index in [9.17, 15) is 35.1 Å². The Morgan fingerprint density at radius 3 is 2.34 bits per heavy atom. The van der Waals surface area contributed by atoms with E-state index < -0.39 is 101 Å². The molecule has 2 aromatic carbocycles. The number of epoxide rings is 1. The van der Waals surface area contributed by atoms with Crippen molar-refractivity contribution in [2.45, 2.75) is 158 Å². The maximum atomic E-state index is 14.0. The third-order valence-corrected chi connectivity index (χ3v) is 14.2. The molecule has 5 fully saturated rings. The number of benzene rings is 2. The van der Waals surface area contributed by atoms with Crippen molar-refractivity contribution in [2.24, 2.45) is 5.92 Å². The number of carbonyl (C=O) groups is 2. The zero-order valence-electron chi connectivity index (χ0n) is 33.9. The highest BCUT2D eigenvalue weighted by Crippen LogP contribution is 2.72. The second-order valence-corrected chi connectivity index (χ2v) is 17.4. The summed E-state index contributed by atoms with van der Waals surface area (Å²) in [6.45, 7) is 11.6. The van der Waals surface area contributed by atoms with E-state index >= 15 is 0 Å². The van der Waals surface area contributed by atoms with Crippen LogP contribution >= 0.6 is 0 Å². The highest BCUT2D eigenvalue weighted by molar-refractivity contribution is 6.13. The number of carbonyl (C=O) groups excluding carboxylic acids is 2. The number of ketones is 2. The van der Waals surface area contributed by atoms with Gasteiger partial charge in [-0.25, -0.2) is 0 Å². The third kappa shape index (κ3) is 5.01. The molecule has 17 heteroatoms. The summed E-state index contributed by atoms with van der Waals surface area (Å²) >= 11 is 0. The van der Waals surface area contributed by atoms with Crippen molar-refractivity contribution < 1.29 is 82.5 Å². The summed E-state index contributed by atoms with van der Waals surface area (Å²) in [7, 11) is 2.92. The number of aliphatic hydroxyl groups excluding tert-OH is 2.